The zero-order valence-electron chi connectivity index (χ0n) is 55.0. The predicted molar refractivity (Wildman–Crippen MR) is 352 cm³/mol. The minimum atomic E-state index is -0.617. The van der Waals surface area contributed by atoms with Crippen molar-refractivity contribution in [2.24, 2.45) is 0 Å². The van der Waals surface area contributed by atoms with Crippen molar-refractivity contribution in [2.45, 2.75) is 0 Å². The molecule has 0 atom stereocenters. The molecule has 520 valence electrons. The van der Waals surface area contributed by atoms with Crippen LogP contribution in [0.4, 0.5) is 0 Å². The van der Waals surface area contributed by atoms with Gasteiger partial charge >= 0.3 is 17.9 Å². The maximum atomic E-state index is 13.9. The first-order chi connectivity index (χ1) is 48.3. The summed E-state index contributed by atoms with van der Waals surface area (Å²) in [5, 5.41) is 35.7. The van der Waals surface area contributed by atoms with Crippen molar-refractivity contribution in [2.75, 3.05) is 180 Å². The van der Waals surface area contributed by atoms with E-state index in [0.29, 0.717) is 176 Å². The summed E-state index contributed by atoms with van der Waals surface area (Å²) in [6.07, 6.45) is 6.99. The van der Waals surface area contributed by atoms with E-state index in [1.807, 2.05) is 60.7 Å². The van der Waals surface area contributed by atoms with Crippen molar-refractivity contribution in [1.82, 2.24) is 60.0 Å². The molecule has 0 bridgehead atoms. The highest BCUT2D eigenvalue weighted by Gasteiger charge is 2.19. The van der Waals surface area contributed by atoms with E-state index >= 15 is 0 Å². The van der Waals surface area contributed by atoms with Crippen LogP contribution in [0.5, 0.6) is 0 Å². The van der Waals surface area contributed by atoms with E-state index in [1.165, 1.54) is 0 Å². The Morgan fingerprint density at radius 1 is 0.276 bits per heavy atom. The molecule has 4 heterocycles. The summed E-state index contributed by atoms with van der Waals surface area (Å²) >= 11 is 0. The molecule has 0 amide bonds. The average Bonchev–Trinajstić information content (AvgIpc) is 1.62. The smallest absolute Gasteiger partial charge is 0.338 e. The van der Waals surface area contributed by atoms with Gasteiger partial charge in [-0.3, -0.25) is 0 Å². The van der Waals surface area contributed by atoms with Crippen molar-refractivity contribution >= 4 is 17.9 Å². The lowest BCUT2D eigenvalue weighted by molar-refractivity contribution is -0.00559. The Morgan fingerprint density at radius 2 is 0.520 bits per heavy atom. The van der Waals surface area contributed by atoms with E-state index in [0.717, 1.165) is 22.3 Å². The van der Waals surface area contributed by atoms with Crippen molar-refractivity contribution in [3.8, 4) is 67.8 Å². The Morgan fingerprint density at radius 3 is 0.816 bits per heavy atom. The molecule has 9 aromatic rings. The van der Waals surface area contributed by atoms with Gasteiger partial charge in [0.25, 0.3) is 0 Å². The van der Waals surface area contributed by atoms with Crippen LogP contribution in [-0.2, 0) is 71.1 Å². The topological polar surface area (TPSA) is 312 Å². The first-order valence-electron chi connectivity index (χ1n) is 31.7. The molecule has 0 aliphatic rings. The van der Waals surface area contributed by atoms with Gasteiger partial charge in [-0.05, 0) is 66.7 Å². The fourth-order valence-corrected chi connectivity index (χ4v) is 9.18. The third kappa shape index (κ3) is 23.4. The highest BCUT2D eigenvalue weighted by molar-refractivity contribution is 5.92. The van der Waals surface area contributed by atoms with Crippen molar-refractivity contribution < 1.29 is 85.4 Å². The molecule has 0 N–H and O–H groups in total. The van der Waals surface area contributed by atoms with E-state index in [4.69, 9.17) is 71.1 Å². The minimum Gasteiger partial charge on any atom is -0.460 e. The SMILES string of the molecule is COCCOCCOCCOCCOC(=O)c1cccc(-n2cc(-c3cccc(-c4cn(-c5cc(C(=O)OCCOCCOCCOCCOC)cc(-n6cc(-c7cccc(-c8cn(-c9cccc(C(=O)OCCOCCOCCOCCOC)c9)nn8)c7)nn6)c5)nn4)c3)nn2)c1. The Bertz CT molecular complexity index is 3640. The molecule has 9 rings (SSSR count). The highest BCUT2D eigenvalue weighted by atomic mass is 16.6. The number of nitrogens with zero attached hydrogens (tertiary/aromatic N) is 12. The third-order valence-electron chi connectivity index (χ3n) is 14.2. The fourth-order valence-electron chi connectivity index (χ4n) is 9.18. The molecule has 0 radical (unpaired) electrons. The molecule has 0 fully saturated rings. The molecule has 5 aromatic carbocycles. The van der Waals surface area contributed by atoms with Crippen molar-refractivity contribution in [3.63, 3.8) is 0 Å². The molecule has 0 saturated carbocycles. The van der Waals surface area contributed by atoms with Gasteiger partial charge in [0.05, 0.1) is 203 Å². The largest absolute Gasteiger partial charge is 0.460 e. The van der Waals surface area contributed by atoms with E-state index in [2.05, 4.69) is 41.2 Å². The molecule has 0 saturated heterocycles. The van der Waals surface area contributed by atoms with Crippen LogP contribution in [0.1, 0.15) is 31.1 Å². The van der Waals surface area contributed by atoms with Gasteiger partial charge in [-0.15, -0.1) is 20.4 Å². The number of hydrogen-bond donors (Lipinski definition) is 0. The molecule has 0 spiro atoms. The molecule has 0 unspecified atom stereocenters. The van der Waals surface area contributed by atoms with Gasteiger partial charge in [-0.1, -0.05) is 69.4 Å². The summed E-state index contributed by atoms with van der Waals surface area (Å²) in [4.78, 5) is 39.9. The lowest BCUT2D eigenvalue weighted by atomic mass is 10.1. The molecule has 0 aliphatic carbocycles. The van der Waals surface area contributed by atoms with Crippen LogP contribution in [0.25, 0.3) is 67.8 Å². The predicted octanol–water partition coefficient (Wildman–Crippen LogP) is 6.24. The van der Waals surface area contributed by atoms with Crippen LogP contribution in [0, 0.1) is 0 Å². The van der Waals surface area contributed by atoms with Gasteiger partial charge in [0.2, 0.25) is 0 Å². The Hall–Kier alpha value is -9.41. The maximum Gasteiger partial charge on any atom is 0.338 e. The van der Waals surface area contributed by atoms with Crippen LogP contribution in [0.2, 0.25) is 0 Å². The van der Waals surface area contributed by atoms with Crippen LogP contribution < -0.4 is 0 Å². The summed E-state index contributed by atoms with van der Waals surface area (Å²) in [7, 11) is 4.85. The first-order valence-corrected chi connectivity index (χ1v) is 31.7. The molecule has 98 heavy (non-hydrogen) atoms. The van der Waals surface area contributed by atoms with E-state index in [9.17, 15) is 14.4 Å². The zero-order chi connectivity index (χ0) is 68.2. The normalized spacial score (nSPS) is 11.4. The number of benzene rings is 5. The Kier molecular flexibility index (Phi) is 30.5. The van der Waals surface area contributed by atoms with Crippen molar-refractivity contribution in [1.29, 1.82) is 0 Å². The first kappa shape index (κ1) is 72.8. The lowest BCUT2D eigenvalue weighted by Crippen LogP contribution is -2.15. The average molecular weight is 1350 g/mol. The summed E-state index contributed by atoms with van der Waals surface area (Å²) in [5.41, 5.74) is 8.05. The van der Waals surface area contributed by atoms with Gasteiger partial charge < -0.3 is 71.1 Å². The van der Waals surface area contributed by atoms with Crippen LogP contribution in [0.3, 0.4) is 0 Å². The second kappa shape index (κ2) is 41.0. The van der Waals surface area contributed by atoms with Gasteiger partial charge in [0, 0.05) is 43.6 Å². The second-order valence-corrected chi connectivity index (χ2v) is 21.1. The van der Waals surface area contributed by atoms with Crippen LogP contribution >= 0.6 is 0 Å². The monoisotopic (exact) mass is 1350 g/mol. The molecular formula is C68H80N12O18. The van der Waals surface area contributed by atoms with Gasteiger partial charge in [0.15, 0.2) is 0 Å². The molecule has 30 nitrogen and oxygen atoms in total. The molecule has 4 aromatic heterocycles. The lowest BCUT2D eigenvalue weighted by Gasteiger charge is -2.10. The van der Waals surface area contributed by atoms with Crippen LogP contribution in [0.15, 0.2) is 140 Å². The van der Waals surface area contributed by atoms with Crippen molar-refractivity contribution in [3.05, 3.63) is 157 Å². The Balaban J connectivity index is 0.835. The van der Waals surface area contributed by atoms with E-state index < -0.39 is 17.9 Å². The van der Waals surface area contributed by atoms with E-state index in [-0.39, 0.29) is 45.2 Å². The summed E-state index contributed by atoms with van der Waals surface area (Å²) in [6, 6.07) is 34.0. The van der Waals surface area contributed by atoms with Gasteiger partial charge in [0.1, 0.15) is 42.6 Å². The number of esters is 3. The molecule has 30 heteroatoms. The van der Waals surface area contributed by atoms with Crippen LogP contribution in [-0.4, -0.2) is 258 Å². The highest BCUT2D eigenvalue weighted by Crippen LogP contribution is 2.29. The van der Waals surface area contributed by atoms with E-state index in [1.54, 1.807) is 119 Å². The number of hydrogen-bond acceptors (Lipinski definition) is 26. The molecular weight excluding hydrogens is 1270 g/mol. The number of rotatable bonds is 47. The number of ether oxygens (including phenoxy) is 15. The minimum absolute atomic E-state index is 0.0273. The summed E-state index contributed by atoms with van der Waals surface area (Å²) in [5.74, 6) is -1.64. The number of carbonyl (C=O) groups excluding carboxylic acids is 3. The molecule has 0 aliphatic heterocycles. The number of aromatic nitrogens is 12. The second-order valence-electron chi connectivity index (χ2n) is 21.1. The standard InChI is InChI=1S/C68H80N12O18/c1-84-16-19-87-22-25-90-28-31-93-34-37-96-66(81)55-12-6-14-58(42-55)77-47-62(69-73-77)51-8-4-10-53(40-51)64-49-79(75-71-64)60-44-57(68(83)98-39-36-95-33-30-92-27-24-89-21-18-86-3)45-61(46-60)80-50-65(72-76-80)54-11-5-9-52(41-54)63-48-78(74-70-63)59-15-7-13-56(43-59)67(82)97-38-35-94-32-29-91-26-23-88-20-17-85-2/h4-15,40-50H,16-39H2,1-3H3. The third-order valence-corrected chi connectivity index (χ3v) is 14.2. The van der Waals surface area contributed by atoms with Gasteiger partial charge in [-0.2, -0.15) is 0 Å². The van der Waals surface area contributed by atoms with Gasteiger partial charge in [-0.25, -0.2) is 33.1 Å². The summed E-state index contributed by atoms with van der Waals surface area (Å²) in [6.45, 7) is 8.48. The number of carbonyl (C=O) groups is 3. The maximum absolute atomic E-state index is 13.9. The summed E-state index contributed by atoms with van der Waals surface area (Å²) < 4.78 is 87.2. The fraction of sp³-hybridized carbons (Fsp3) is 0.397. The zero-order valence-corrected chi connectivity index (χ0v) is 55.0. The quantitative estimate of drug-likeness (QED) is 0.0231. The Labute approximate surface area is 565 Å². The number of methoxy groups -OCH3 is 3.